The molecule has 3 heteroatoms. The Kier molecular flexibility index (Phi) is 29.1. The van der Waals surface area contributed by atoms with Crippen LogP contribution in [0.15, 0.2) is 97.2 Å². The maximum atomic E-state index is 4.62. The number of hydrogen-bond acceptors (Lipinski definition) is 2. The van der Waals surface area contributed by atoms with E-state index in [0.717, 1.165) is 22.6 Å². The summed E-state index contributed by atoms with van der Waals surface area (Å²) in [4.78, 5) is 8.93. The summed E-state index contributed by atoms with van der Waals surface area (Å²) in [6.45, 7) is 16.0. The van der Waals surface area contributed by atoms with Gasteiger partial charge in [0.05, 0.1) is 11.4 Å². The molecule has 2 heterocycles. The van der Waals surface area contributed by atoms with Crippen molar-refractivity contribution in [1.82, 2.24) is 9.97 Å². The molecule has 0 amide bonds. The third-order valence-corrected chi connectivity index (χ3v) is 3.27. The Morgan fingerprint density at radius 2 is 1.06 bits per heavy atom. The monoisotopic (exact) mass is 623 g/mol. The SMILES string of the molecule is CC.CC.CC.CC.[Pt+2].[c-]1ccccc1.[c-]1ccccc1-c1cccc(-c2ccccn2)n1. The molecular formula is C30H40N2Pt. The molecule has 0 spiro atoms. The van der Waals surface area contributed by atoms with Crippen molar-refractivity contribution in [2.24, 2.45) is 0 Å². The quantitative estimate of drug-likeness (QED) is 0.208. The van der Waals surface area contributed by atoms with Crippen molar-refractivity contribution >= 4 is 0 Å². The number of benzene rings is 2. The molecule has 0 bridgehead atoms. The van der Waals surface area contributed by atoms with Gasteiger partial charge >= 0.3 is 21.1 Å². The Balaban J connectivity index is -0.000000505. The van der Waals surface area contributed by atoms with Crippen LogP contribution < -0.4 is 0 Å². The first-order chi connectivity index (χ1) is 15.9. The van der Waals surface area contributed by atoms with E-state index < -0.39 is 0 Å². The predicted molar refractivity (Wildman–Crippen MR) is 142 cm³/mol. The second kappa shape index (κ2) is 27.5. The second-order valence-corrected chi connectivity index (χ2v) is 4.98. The van der Waals surface area contributed by atoms with Crippen molar-refractivity contribution in [2.45, 2.75) is 55.4 Å². The molecule has 0 N–H and O–H groups in total. The first-order valence-electron chi connectivity index (χ1n) is 11.7. The van der Waals surface area contributed by atoms with Gasteiger partial charge in [-0.05, 0) is 23.9 Å². The third kappa shape index (κ3) is 15.8. The van der Waals surface area contributed by atoms with Gasteiger partial charge in [-0.1, -0.05) is 73.6 Å². The molecule has 4 aromatic rings. The first kappa shape index (κ1) is 35.0. The fraction of sp³-hybridized carbons (Fsp3) is 0.267. The van der Waals surface area contributed by atoms with Crippen LogP contribution in [-0.2, 0) is 21.1 Å². The first-order valence-corrected chi connectivity index (χ1v) is 11.7. The van der Waals surface area contributed by atoms with E-state index in [-0.39, 0.29) is 21.1 Å². The Morgan fingerprint density at radius 3 is 1.52 bits per heavy atom. The molecule has 180 valence electrons. The summed E-state index contributed by atoms with van der Waals surface area (Å²) in [7, 11) is 0. The Morgan fingerprint density at radius 1 is 0.515 bits per heavy atom. The van der Waals surface area contributed by atoms with Gasteiger partial charge in [-0.15, -0.1) is 35.9 Å². The average Bonchev–Trinajstić information content (AvgIpc) is 2.95. The van der Waals surface area contributed by atoms with E-state index in [2.05, 4.69) is 22.1 Å². The molecular weight excluding hydrogens is 583 g/mol. The molecule has 2 aromatic heterocycles. The number of nitrogens with zero attached hydrogens (tertiary/aromatic N) is 2. The van der Waals surface area contributed by atoms with E-state index in [1.165, 1.54) is 0 Å². The Labute approximate surface area is 217 Å². The summed E-state index contributed by atoms with van der Waals surface area (Å²) in [5, 5.41) is 0. The Bertz CT molecular complexity index is 770. The average molecular weight is 624 g/mol. The molecule has 4 rings (SSSR count). The molecule has 2 aromatic carbocycles. The van der Waals surface area contributed by atoms with Crippen molar-refractivity contribution in [3.05, 3.63) is 109 Å². The van der Waals surface area contributed by atoms with Crippen LogP contribution in [0.1, 0.15) is 55.4 Å². The fourth-order valence-corrected chi connectivity index (χ4v) is 2.14. The van der Waals surface area contributed by atoms with Crippen molar-refractivity contribution < 1.29 is 21.1 Å². The Hall–Kier alpha value is -2.57. The summed E-state index contributed by atoms with van der Waals surface area (Å²) in [6.07, 6.45) is 1.78. The van der Waals surface area contributed by atoms with Gasteiger partial charge in [-0.2, -0.15) is 36.4 Å². The number of pyridine rings is 2. The van der Waals surface area contributed by atoms with Crippen LogP contribution in [0, 0.1) is 12.1 Å². The molecule has 0 aliphatic heterocycles. The van der Waals surface area contributed by atoms with Crippen molar-refractivity contribution in [1.29, 1.82) is 0 Å². The maximum absolute atomic E-state index is 4.62. The van der Waals surface area contributed by atoms with Gasteiger partial charge in [0.25, 0.3) is 0 Å². The molecule has 0 radical (unpaired) electrons. The fourth-order valence-electron chi connectivity index (χ4n) is 2.14. The summed E-state index contributed by atoms with van der Waals surface area (Å²) < 4.78 is 0. The third-order valence-electron chi connectivity index (χ3n) is 3.27. The molecule has 0 unspecified atom stereocenters. The van der Waals surface area contributed by atoms with E-state index in [1.807, 2.05) is 146 Å². The van der Waals surface area contributed by atoms with E-state index in [9.17, 15) is 0 Å². The van der Waals surface area contributed by atoms with Gasteiger partial charge in [0, 0.05) is 6.20 Å². The summed E-state index contributed by atoms with van der Waals surface area (Å²) >= 11 is 0. The minimum Gasteiger partial charge on any atom is -0.295 e. The van der Waals surface area contributed by atoms with Crippen LogP contribution >= 0.6 is 0 Å². The van der Waals surface area contributed by atoms with Gasteiger partial charge < -0.3 is 0 Å². The minimum atomic E-state index is 0. The summed E-state index contributed by atoms with van der Waals surface area (Å²) in [5.41, 5.74) is 3.68. The largest absolute Gasteiger partial charge is 2.00 e. The van der Waals surface area contributed by atoms with Crippen LogP contribution in [0.25, 0.3) is 22.6 Å². The topological polar surface area (TPSA) is 25.8 Å². The summed E-state index contributed by atoms with van der Waals surface area (Å²) in [6, 6.07) is 35.3. The van der Waals surface area contributed by atoms with Gasteiger partial charge in [0.1, 0.15) is 0 Å². The van der Waals surface area contributed by atoms with E-state index >= 15 is 0 Å². The van der Waals surface area contributed by atoms with Gasteiger partial charge in [-0.3, -0.25) is 9.97 Å². The summed E-state index contributed by atoms with van der Waals surface area (Å²) in [5.74, 6) is 0. The standard InChI is InChI=1S/C16H11N2.C6H5.4C2H6.Pt/c1-2-7-13(8-3-1)14-10-6-11-16(18-14)15-9-4-5-12-17-15;1-2-4-6-5-3-1;4*1-2;/h1-7,9-12H;1-5H;4*1-2H3;/q2*-1;;;;;+2. The van der Waals surface area contributed by atoms with Crippen LogP contribution in [0.3, 0.4) is 0 Å². The van der Waals surface area contributed by atoms with Crippen LogP contribution in [0.4, 0.5) is 0 Å². The number of aromatic nitrogens is 2. The maximum Gasteiger partial charge on any atom is 2.00 e. The molecule has 2 nitrogen and oxygen atoms in total. The molecule has 0 fully saturated rings. The van der Waals surface area contributed by atoms with Gasteiger partial charge in [0.15, 0.2) is 0 Å². The van der Waals surface area contributed by atoms with Crippen LogP contribution in [0.2, 0.25) is 0 Å². The van der Waals surface area contributed by atoms with Gasteiger partial charge in [0.2, 0.25) is 0 Å². The van der Waals surface area contributed by atoms with E-state index in [4.69, 9.17) is 0 Å². The van der Waals surface area contributed by atoms with E-state index in [1.54, 1.807) is 6.20 Å². The normalized spacial score (nSPS) is 7.76. The van der Waals surface area contributed by atoms with Crippen LogP contribution in [-0.4, -0.2) is 9.97 Å². The van der Waals surface area contributed by atoms with E-state index in [0.29, 0.717) is 0 Å². The molecule has 33 heavy (non-hydrogen) atoms. The van der Waals surface area contributed by atoms with Crippen molar-refractivity contribution in [3.63, 3.8) is 0 Å². The predicted octanol–water partition coefficient (Wildman–Crippen LogP) is 9.20. The zero-order valence-corrected chi connectivity index (χ0v) is 23.7. The van der Waals surface area contributed by atoms with Crippen molar-refractivity contribution in [3.8, 4) is 22.6 Å². The number of rotatable bonds is 2. The molecule has 0 aliphatic rings. The zero-order chi connectivity index (χ0) is 24.5. The number of hydrogen-bond donors (Lipinski definition) is 0. The van der Waals surface area contributed by atoms with Crippen LogP contribution in [0.5, 0.6) is 0 Å². The molecule has 0 saturated heterocycles. The minimum absolute atomic E-state index is 0. The zero-order valence-electron chi connectivity index (χ0n) is 21.4. The molecule has 0 aliphatic carbocycles. The molecule has 0 atom stereocenters. The van der Waals surface area contributed by atoms with Gasteiger partial charge in [-0.25, -0.2) is 0 Å². The van der Waals surface area contributed by atoms with Crippen molar-refractivity contribution in [2.75, 3.05) is 0 Å². The smallest absolute Gasteiger partial charge is 0.295 e. The second-order valence-electron chi connectivity index (χ2n) is 4.98. The molecule has 0 saturated carbocycles.